The third kappa shape index (κ3) is 3.17. The van der Waals surface area contributed by atoms with Crippen LogP contribution in [0.2, 0.25) is 0 Å². The maximum absolute atomic E-state index is 3.87. The molecule has 0 unspecified atom stereocenters. The van der Waals surface area contributed by atoms with Crippen LogP contribution in [0.3, 0.4) is 0 Å². The molecular weight excluding hydrogens is 174 g/mol. The van der Waals surface area contributed by atoms with Crippen LogP contribution in [-0.4, -0.2) is 14.6 Å². The Balaban J connectivity index is 0.000000379. The Kier molecular flexibility index (Phi) is 6.37. The van der Waals surface area contributed by atoms with E-state index in [-0.39, 0.29) is 0 Å². The second-order valence-electron chi connectivity index (χ2n) is 2.30. The summed E-state index contributed by atoms with van der Waals surface area (Å²) in [6.07, 6.45) is 3.69. The Hall–Kier alpha value is -1.38. The molecule has 2 rings (SSSR count). The molecule has 2 aromatic rings. The van der Waals surface area contributed by atoms with Crippen molar-refractivity contribution >= 4 is 5.65 Å². The lowest BCUT2D eigenvalue weighted by Crippen LogP contribution is -1.82. The van der Waals surface area contributed by atoms with Gasteiger partial charge in [-0.3, -0.25) is 4.40 Å². The molecule has 0 amide bonds. The van der Waals surface area contributed by atoms with Gasteiger partial charge in [0, 0.05) is 6.20 Å². The Morgan fingerprint density at radius 3 is 2.36 bits per heavy atom. The van der Waals surface area contributed by atoms with Crippen molar-refractivity contribution in [3.8, 4) is 0 Å². The van der Waals surface area contributed by atoms with Crippen molar-refractivity contribution in [2.24, 2.45) is 0 Å². The van der Waals surface area contributed by atoms with Gasteiger partial charge in [0.25, 0.3) is 0 Å². The smallest absolute Gasteiger partial charge is 0.160 e. The van der Waals surface area contributed by atoms with E-state index in [1.807, 2.05) is 57.3 Å². The molecular formula is C11H19N3. The second-order valence-corrected chi connectivity index (χ2v) is 2.30. The lowest BCUT2D eigenvalue weighted by atomic mass is 10.3. The van der Waals surface area contributed by atoms with Crippen LogP contribution in [0.15, 0.2) is 24.7 Å². The standard InChI is InChI=1S/C7H7N3.2C2H6/c1-6-2-3-7-9-8-5-10(7)4-6;2*1-2/h2-5H,1H3;2*1-2H3. The number of aromatic nitrogens is 3. The van der Waals surface area contributed by atoms with Crippen molar-refractivity contribution < 1.29 is 0 Å². The third-order valence-electron chi connectivity index (χ3n) is 1.44. The molecule has 2 aromatic heterocycles. The first-order valence-electron chi connectivity index (χ1n) is 5.12. The molecule has 0 bridgehead atoms. The third-order valence-corrected chi connectivity index (χ3v) is 1.44. The summed E-state index contributed by atoms with van der Waals surface area (Å²) in [4.78, 5) is 0. The van der Waals surface area contributed by atoms with Gasteiger partial charge >= 0.3 is 0 Å². The van der Waals surface area contributed by atoms with Crippen molar-refractivity contribution in [1.82, 2.24) is 14.6 Å². The van der Waals surface area contributed by atoms with Crippen LogP contribution in [0, 0.1) is 6.92 Å². The van der Waals surface area contributed by atoms with E-state index in [1.54, 1.807) is 6.33 Å². The molecule has 0 aliphatic rings. The summed E-state index contributed by atoms with van der Waals surface area (Å²) in [6.45, 7) is 10.0. The van der Waals surface area contributed by atoms with E-state index in [1.165, 1.54) is 5.56 Å². The van der Waals surface area contributed by atoms with Crippen LogP contribution >= 0.6 is 0 Å². The summed E-state index contributed by atoms with van der Waals surface area (Å²) < 4.78 is 1.90. The average Bonchev–Trinajstić information content (AvgIpc) is 2.71. The minimum Gasteiger partial charge on any atom is -0.289 e. The fourth-order valence-corrected chi connectivity index (χ4v) is 0.939. The minimum atomic E-state index is 0.894. The quantitative estimate of drug-likeness (QED) is 0.643. The van der Waals surface area contributed by atoms with E-state index in [0.29, 0.717) is 0 Å². The normalized spacial score (nSPS) is 8.36. The highest BCUT2D eigenvalue weighted by molar-refractivity contribution is 5.37. The molecule has 2 heterocycles. The van der Waals surface area contributed by atoms with E-state index >= 15 is 0 Å². The number of hydrogen-bond donors (Lipinski definition) is 0. The van der Waals surface area contributed by atoms with Gasteiger partial charge in [0.1, 0.15) is 6.33 Å². The molecule has 0 fully saturated rings. The van der Waals surface area contributed by atoms with Gasteiger partial charge in [-0.05, 0) is 18.6 Å². The highest BCUT2D eigenvalue weighted by atomic mass is 15.2. The lowest BCUT2D eigenvalue weighted by Gasteiger charge is -1.91. The zero-order valence-corrected chi connectivity index (χ0v) is 9.65. The van der Waals surface area contributed by atoms with Gasteiger partial charge in [-0.1, -0.05) is 33.8 Å². The average molecular weight is 193 g/mol. The van der Waals surface area contributed by atoms with E-state index < -0.39 is 0 Å². The number of hydrogen-bond acceptors (Lipinski definition) is 2. The summed E-state index contributed by atoms with van der Waals surface area (Å²) in [6, 6.07) is 3.96. The first-order chi connectivity index (χ1) is 6.86. The van der Waals surface area contributed by atoms with E-state index in [0.717, 1.165) is 5.65 Å². The van der Waals surface area contributed by atoms with Gasteiger partial charge < -0.3 is 0 Å². The fraction of sp³-hybridized carbons (Fsp3) is 0.455. The number of pyridine rings is 1. The van der Waals surface area contributed by atoms with Crippen LogP contribution in [0.25, 0.3) is 5.65 Å². The van der Waals surface area contributed by atoms with Crippen molar-refractivity contribution in [3.05, 3.63) is 30.2 Å². The van der Waals surface area contributed by atoms with Crippen molar-refractivity contribution in [3.63, 3.8) is 0 Å². The van der Waals surface area contributed by atoms with Crippen LogP contribution in [-0.2, 0) is 0 Å². The zero-order chi connectivity index (χ0) is 11.0. The molecule has 0 spiro atoms. The lowest BCUT2D eigenvalue weighted by molar-refractivity contribution is 1.10. The van der Waals surface area contributed by atoms with Crippen molar-refractivity contribution in [2.45, 2.75) is 34.6 Å². The summed E-state index contributed by atoms with van der Waals surface area (Å²) in [5.41, 5.74) is 2.11. The van der Waals surface area contributed by atoms with Gasteiger partial charge in [-0.2, -0.15) is 0 Å². The molecule has 0 atom stereocenters. The maximum atomic E-state index is 3.87. The molecule has 0 N–H and O–H groups in total. The predicted octanol–water partition coefficient (Wildman–Crippen LogP) is 3.09. The van der Waals surface area contributed by atoms with Gasteiger partial charge in [0.2, 0.25) is 0 Å². The number of nitrogens with zero attached hydrogens (tertiary/aromatic N) is 3. The Morgan fingerprint density at radius 1 is 1.07 bits per heavy atom. The fourth-order valence-electron chi connectivity index (χ4n) is 0.939. The molecule has 0 aromatic carbocycles. The molecule has 3 heteroatoms. The van der Waals surface area contributed by atoms with Crippen molar-refractivity contribution in [1.29, 1.82) is 0 Å². The Bertz CT molecular complexity index is 352. The summed E-state index contributed by atoms with van der Waals surface area (Å²) in [5, 5.41) is 7.63. The second kappa shape index (κ2) is 7.06. The maximum Gasteiger partial charge on any atom is 0.160 e. The molecule has 3 nitrogen and oxygen atoms in total. The van der Waals surface area contributed by atoms with Crippen molar-refractivity contribution in [2.75, 3.05) is 0 Å². The van der Waals surface area contributed by atoms with Crippen LogP contribution in [0.5, 0.6) is 0 Å². The van der Waals surface area contributed by atoms with Crippen LogP contribution in [0.1, 0.15) is 33.3 Å². The van der Waals surface area contributed by atoms with Gasteiger partial charge in [0.15, 0.2) is 5.65 Å². The predicted molar refractivity (Wildman–Crippen MR) is 60.4 cm³/mol. The van der Waals surface area contributed by atoms with Crippen LogP contribution in [0.4, 0.5) is 0 Å². The van der Waals surface area contributed by atoms with Crippen LogP contribution < -0.4 is 0 Å². The monoisotopic (exact) mass is 193 g/mol. The van der Waals surface area contributed by atoms with E-state index in [9.17, 15) is 0 Å². The van der Waals surface area contributed by atoms with E-state index in [4.69, 9.17) is 0 Å². The molecule has 0 saturated heterocycles. The van der Waals surface area contributed by atoms with Gasteiger partial charge in [-0.25, -0.2) is 0 Å². The summed E-state index contributed by atoms with van der Waals surface area (Å²) >= 11 is 0. The zero-order valence-electron chi connectivity index (χ0n) is 9.65. The topological polar surface area (TPSA) is 30.2 Å². The SMILES string of the molecule is CC.CC.Cc1ccc2nncn2c1. The highest BCUT2D eigenvalue weighted by Gasteiger charge is 1.91. The summed E-state index contributed by atoms with van der Waals surface area (Å²) in [5.74, 6) is 0. The molecule has 14 heavy (non-hydrogen) atoms. The van der Waals surface area contributed by atoms with Gasteiger partial charge in [0.05, 0.1) is 0 Å². The minimum absolute atomic E-state index is 0.894. The molecule has 78 valence electrons. The number of rotatable bonds is 0. The number of aryl methyl sites for hydroxylation is 1. The highest BCUT2D eigenvalue weighted by Crippen LogP contribution is 2.00. The van der Waals surface area contributed by atoms with Gasteiger partial charge in [-0.15, -0.1) is 10.2 Å². The summed E-state index contributed by atoms with van der Waals surface area (Å²) in [7, 11) is 0. The Morgan fingerprint density at radius 2 is 1.71 bits per heavy atom. The first-order valence-corrected chi connectivity index (χ1v) is 5.12. The Labute approximate surface area is 85.8 Å². The van der Waals surface area contributed by atoms with E-state index in [2.05, 4.69) is 10.2 Å². The molecule has 0 radical (unpaired) electrons. The molecule has 0 saturated carbocycles. The molecule has 0 aliphatic carbocycles. The number of fused-ring (bicyclic) bond motifs is 1. The largest absolute Gasteiger partial charge is 0.289 e. The first kappa shape index (κ1) is 12.6. The molecule has 0 aliphatic heterocycles.